The predicted octanol–water partition coefficient (Wildman–Crippen LogP) is 2.41. The summed E-state index contributed by atoms with van der Waals surface area (Å²) in [6.45, 7) is 1.60. The summed E-state index contributed by atoms with van der Waals surface area (Å²) in [5.41, 5.74) is 0.576. The van der Waals surface area contributed by atoms with Crippen LogP contribution >= 0.6 is 0 Å². The molecule has 1 aromatic carbocycles. The number of hydrogen-bond acceptors (Lipinski definition) is 2. The van der Waals surface area contributed by atoms with E-state index in [0.29, 0.717) is 5.69 Å². The highest BCUT2D eigenvalue weighted by Crippen LogP contribution is 2.22. The third-order valence-electron chi connectivity index (χ3n) is 1.66. The van der Waals surface area contributed by atoms with Crippen LogP contribution in [0.4, 0.5) is 8.78 Å². The molecule has 0 saturated heterocycles. The molecule has 0 unspecified atom stereocenters. The fourth-order valence-electron chi connectivity index (χ4n) is 1.14. The average molecular weight is 169 g/mol. The first-order chi connectivity index (χ1) is 5.68. The van der Waals surface area contributed by atoms with Crippen LogP contribution in [0.5, 0.6) is 0 Å². The molecular weight excluding hydrogens is 164 g/mol. The molecule has 1 heterocycles. The first-order valence-corrected chi connectivity index (χ1v) is 3.39. The maximum Gasteiger partial charge on any atom is 0.173 e. The highest BCUT2D eigenvalue weighted by Gasteiger charge is 2.10. The topological polar surface area (TPSA) is 26.0 Å². The summed E-state index contributed by atoms with van der Waals surface area (Å²) in [6, 6.07) is 1.92. The van der Waals surface area contributed by atoms with Crippen LogP contribution in [0.25, 0.3) is 11.0 Å². The molecule has 0 amide bonds. The number of rotatable bonds is 0. The highest BCUT2D eigenvalue weighted by atomic mass is 19.1. The van der Waals surface area contributed by atoms with E-state index in [9.17, 15) is 8.78 Å². The maximum absolute atomic E-state index is 13.0. The van der Waals surface area contributed by atoms with Gasteiger partial charge in [-0.2, -0.15) is 0 Å². The molecule has 0 aliphatic rings. The van der Waals surface area contributed by atoms with E-state index in [1.54, 1.807) is 6.92 Å². The zero-order valence-electron chi connectivity index (χ0n) is 6.27. The van der Waals surface area contributed by atoms with Gasteiger partial charge in [-0.05, 0) is 6.92 Å². The standard InChI is InChI=1S/C8H5F2NO/c1-4-8-6(10)2-5(9)3-7(8)12-11-4/h2-3H,1H3. The van der Waals surface area contributed by atoms with Crippen molar-refractivity contribution in [3.05, 3.63) is 29.5 Å². The number of aromatic nitrogens is 1. The van der Waals surface area contributed by atoms with Crippen molar-refractivity contribution >= 4 is 11.0 Å². The van der Waals surface area contributed by atoms with Gasteiger partial charge >= 0.3 is 0 Å². The van der Waals surface area contributed by atoms with E-state index in [-0.39, 0.29) is 11.0 Å². The SMILES string of the molecule is Cc1noc2cc(F)cc(F)c12. The minimum absolute atomic E-state index is 0.144. The van der Waals surface area contributed by atoms with Crippen molar-refractivity contribution in [2.75, 3.05) is 0 Å². The molecule has 12 heavy (non-hydrogen) atoms. The molecule has 0 spiro atoms. The number of fused-ring (bicyclic) bond motifs is 1. The summed E-state index contributed by atoms with van der Waals surface area (Å²) < 4.78 is 30.3. The fourth-order valence-corrected chi connectivity index (χ4v) is 1.14. The second kappa shape index (κ2) is 2.27. The van der Waals surface area contributed by atoms with Crippen molar-refractivity contribution in [1.82, 2.24) is 5.16 Å². The largest absolute Gasteiger partial charge is 0.356 e. The van der Waals surface area contributed by atoms with Crippen molar-refractivity contribution in [2.24, 2.45) is 0 Å². The van der Waals surface area contributed by atoms with Gasteiger partial charge in [0.1, 0.15) is 11.6 Å². The minimum atomic E-state index is -0.656. The van der Waals surface area contributed by atoms with E-state index in [4.69, 9.17) is 0 Å². The molecule has 0 saturated carbocycles. The van der Waals surface area contributed by atoms with E-state index < -0.39 is 11.6 Å². The Kier molecular flexibility index (Phi) is 1.36. The van der Waals surface area contributed by atoms with Crippen LogP contribution in [0, 0.1) is 18.6 Å². The number of aryl methyl sites for hydroxylation is 1. The Balaban J connectivity index is 2.93. The number of halogens is 2. The zero-order valence-corrected chi connectivity index (χ0v) is 6.27. The van der Waals surface area contributed by atoms with Crippen molar-refractivity contribution in [2.45, 2.75) is 6.92 Å². The zero-order chi connectivity index (χ0) is 8.72. The summed E-state index contributed by atoms with van der Waals surface area (Å²) in [5.74, 6) is -1.29. The molecule has 4 heteroatoms. The third kappa shape index (κ3) is 0.879. The van der Waals surface area contributed by atoms with Gasteiger partial charge in [0.05, 0.1) is 11.1 Å². The quantitative estimate of drug-likeness (QED) is 0.605. The van der Waals surface area contributed by atoms with E-state index >= 15 is 0 Å². The third-order valence-corrected chi connectivity index (χ3v) is 1.66. The van der Waals surface area contributed by atoms with E-state index in [0.717, 1.165) is 12.1 Å². The van der Waals surface area contributed by atoms with Crippen LogP contribution in [-0.4, -0.2) is 5.16 Å². The number of nitrogens with zero attached hydrogens (tertiary/aromatic N) is 1. The lowest BCUT2D eigenvalue weighted by Gasteiger charge is -1.90. The van der Waals surface area contributed by atoms with Gasteiger partial charge in [0.25, 0.3) is 0 Å². The van der Waals surface area contributed by atoms with E-state index in [2.05, 4.69) is 9.68 Å². The van der Waals surface area contributed by atoms with Crippen LogP contribution in [-0.2, 0) is 0 Å². The van der Waals surface area contributed by atoms with Crippen molar-refractivity contribution in [3.8, 4) is 0 Å². The molecule has 0 N–H and O–H groups in total. The average Bonchev–Trinajstić information content (AvgIpc) is 2.31. The number of benzene rings is 1. The first kappa shape index (κ1) is 7.21. The molecule has 62 valence electrons. The lowest BCUT2D eigenvalue weighted by atomic mass is 10.2. The van der Waals surface area contributed by atoms with Crippen LogP contribution in [0.1, 0.15) is 5.69 Å². The Labute approximate surface area is 66.8 Å². The van der Waals surface area contributed by atoms with E-state index in [1.807, 2.05) is 0 Å². The summed E-state index contributed by atoms with van der Waals surface area (Å²) in [7, 11) is 0. The molecule has 0 bridgehead atoms. The Morgan fingerprint density at radius 3 is 2.83 bits per heavy atom. The van der Waals surface area contributed by atoms with Crippen LogP contribution in [0.3, 0.4) is 0 Å². The van der Waals surface area contributed by atoms with Gasteiger partial charge in [0.2, 0.25) is 0 Å². The summed E-state index contributed by atoms with van der Waals surface area (Å²) in [4.78, 5) is 0. The molecule has 0 atom stereocenters. The van der Waals surface area contributed by atoms with Crippen LogP contribution in [0.15, 0.2) is 16.7 Å². The molecule has 2 rings (SSSR count). The Bertz CT molecular complexity index is 436. The smallest absolute Gasteiger partial charge is 0.173 e. The lowest BCUT2D eigenvalue weighted by Crippen LogP contribution is -1.81. The molecule has 2 aromatic rings. The molecule has 1 aromatic heterocycles. The fraction of sp³-hybridized carbons (Fsp3) is 0.125. The van der Waals surface area contributed by atoms with Gasteiger partial charge in [0.15, 0.2) is 5.58 Å². The second-order valence-electron chi connectivity index (χ2n) is 2.53. The molecule has 0 aliphatic carbocycles. The normalized spacial score (nSPS) is 10.9. The Hall–Kier alpha value is -1.45. The molecule has 0 fully saturated rings. The van der Waals surface area contributed by atoms with Crippen LogP contribution in [0.2, 0.25) is 0 Å². The van der Waals surface area contributed by atoms with Gasteiger partial charge in [-0.15, -0.1) is 0 Å². The molecule has 2 nitrogen and oxygen atoms in total. The highest BCUT2D eigenvalue weighted by molar-refractivity contribution is 5.79. The monoisotopic (exact) mass is 169 g/mol. The number of hydrogen-bond donors (Lipinski definition) is 0. The molecular formula is C8H5F2NO. The molecule has 0 radical (unpaired) electrons. The first-order valence-electron chi connectivity index (χ1n) is 3.39. The van der Waals surface area contributed by atoms with Gasteiger partial charge in [0, 0.05) is 12.1 Å². The van der Waals surface area contributed by atoms with Crippen molar-refractivity contribution in [1.29, 1.82) is 0 Å². The maximum atomic E-state index is 13.0. The van der Waals surface area contributed by atoms with Gasteiger partial charge in [-0.3, -0.25) is 0 Å². The van der Waals surface area contributed by atoms with Gasteiger partial charge in [-0.25, -0.2) is 8.78 Å². The predicted molar refractivity (Wildman–Crippen MR) is 38.7 cm³/mol. The van der Waals surface area contributed by atoms with Crippen molar-refractivity contribution < 1.29 is 13.3 Å². The second-order valence-corrected chi connectivity index (χ2v) is 2.53. The summed E-state index contributed by atoms with van der Waals surface area (Å²) >= 11 is 0. The summed E-state index contributed by atoms with van der Waals surface area (Å²) in [5, 5.41) is 3.76. The van der Waals surface area contributed by atoms with Crippen LogP contribution < -0.4 is 0 Å². The van der Waals surface area contributed by atoms with Gasteiger partial charge in [-0.1, -0.05) is 5.16 Å². The van der Waals surface area contributed by atoms with Crippen molar-refractivity contribution in [3.63, 3.8) is 0 Å². The Morgan fingerprint density at radius 1 is 1.33 bits per heavy atom. The summed E-state index contributed by atoms with van der Waals surface area (Å²) in [6.07, 6.45) is 0. The van der Waals surface area contributed by atoms with Gasteiger partial charge < -0.3 is 4.52 Å². The lowest BCUT2D eigenvalue weighted by molar-refractivity contribution is 0.448. The molecule has 0 aliphatic heterocycles. The minimum Gasteiger partial charge on any atom is -0.356 e. The Morgan fingerprint density at radius 2 is 2.08 bits per heavy atom. The van der Waals surface area contributed by atoms with E-state index in [1.165, 1.54) is 0 Å².